The second kappa shape index (κ2) is 2.47. The van der Waals surface area contributed by atoms with Gasteiger partial charge in [-0.1, -0.05) is 20.8 Å². The Bertz CT molecular complexity index is 178. The van der Waals surface area contributed by atoms with Crippen LogP contribution in [0.25, 0.3) is 0 Å². The number of rotatable bonds is 0. The summed E-state index contributed by atoms with van der Waals surface area (Å²) in [4.78, 5) is 0. The third-order valence-corrected chi connectivity index (χ3v) is 3.87. The molecule has 0 spiro atoms. The summed E-state index contributed by atoms with van der Waals surface area (Å²) in [6.07, 6.45) is 3.94. The Hall–Kier alpha value is -0.0400. The van der Waals surface area contributed by atoms with Crippen molar-refractivity contribution in [2.24, 2.45) is 23.2 Å². The largest absolute Gasteiger partial charge is 0.393 e. The minimum Gasteiger partial charge on any atom is -0.393 e. The first-order valence-corrected chi connectivity index (χ1v) is 5.18. The van der Waals surface area contributed by atoms with Gasteiger partial charge in [0.15, 0.2) is 0 Å². The summed E-state index contributed by atoms with van der Waals surface area (Å²) < 4.78 is 0. The molecule has 0 amide bonds. The molecule has 0 aliphatic heterocycles. The summed E-state index contributed by atoms with van der Waals surface area (Å²) in [5, 5.41) is 10.0. The van der Waals surface area contributed by atoms with Crippen molar-refractivity contribution in [2.45, 2.75) is 46.1 Å². The molecule has 12 heavy (non-hydrogen) atoms. The molecule has 4 unspecified atom stereocenters. The van der Waals surface area contributed by atoms with Crippen LogP contribution in [0.3, 0.4) is 0 Å². The monoisotopic (exact) mass is 168 g/mol. The number of hydrogen-bond donors (Lipinski definition) is 1. The van der Waals surface area contributed by atoms with E-state index in [2.05, 4.69) is 20.8 Å². The fourth-order valence-electron chi connectivity index (χ4n) is 3.48. The molecule has 2 fully saturated rings. The zero-order chi connectivity index (χ0) is 8.93. The molecule has 1 nitrogen and oxygen atoms in total. The van der Waals surface area contributed by atoms with Gasteiger partial charge in [-0.15, -0.1) is 0 Å². The summed E-state index contributed by atoms with van der Waals surface area (Å²) in [6, 6.07) is 0. The van der Waals surface area contributed by atoms with Gasteiger partial charge in [0, 0.05) is 0 Å². The van der Waals surface area contributed by atoms with Gasteiger partial charge in [-0.2, -0.15) is 0 Å². The van der Waals surface area contributed by atoms with Gasteiger partial charge in [-0.3, -0.25) is 0 Å². The van der Waals surface area contributed by atoms with Gasteiger partial charge in [0.25, 0.3) is 0 Å². The highest BCUT2D eigenvalue weighted by Crippen LogP contribution is 2.54. The SMILES string of the molecule is CC(C)(C)C1C2CCC(C2)C1O. The Kier molecular flexibility index (Phi) is 1.76. The van der Waals surface area contributed by atoms with E-state index in [1.54, 1.807) is 0 Å². The van der Waals surface area contributed by atoms with Crippen LogP contribution in [0.4, 0.5) is 0 Å². The molecule has 70 valence electrons. The zero-order valence-corrected chi connectivity index (χ0v) is 8.38. The first-order valence-electron chi connectivity index (χ1n) is 5.18. The van der Waals surface area contributed by atoms with Crippen molar-refractivity contribution < 1.29 is 5.11 Å². The standard InChI is InChI=1S/C11H20O/c1-11(2,3)9-7-4-5-8(6-7)10(9)12/h7-10,12H,4-6H2,1-3H3. The molecule has 2 bridgehead atoms. The molecule has 2 aliphatic carbocycles. The molecule has 2 saturated carbocycles. The van der Waals surface area contributed by atoms with E-state index in [1.165, 1.54) is 19.3 Å². The predicted molar refractivity (Wildman–Crippen MR) is 49.8 cm³/mol. The van der Waals surface area contributed by atoms with Crippen molar-refractivity contribution >= 4 is 0 Å². The van der Waals surface area contributed by atoms with Gasteiger partial charge in [0.05, 0.1) is 6.10 Å². The lowest BCUT2D eigenvalue weighted by Crippen LogP contribution is -2.36. The van der Waals surface area contributed by atoms with E-state index in [0.29, 0.717) is 17.3 Å². The summed E-state index contributed by atoms with van der Waals surface area (Å²) in [5.41, 5.74) is 0.305. The second-order valence-electron chi connectivity index (χ2n) is 5.72. The Morgan fingerprint density at radius 3 is 2.00 bits per heavy atom. The lowest BCUT2D eigenvalue weighted by molar-refractivity contribution is 0.00240. The molecule has 0 heterocycles. The smallest absolute Gasteiger partial charge is 0.0604 e. The molecule has 1 heteroatoms. The highest BCUT2D eigenvalue weighted by Gasteiger charge is 2.50. The summed E-state index contributed by atoms with van der Waals surface area (Å²) in [6.45, 7) is 6.80. The first kappa shape index (κ1) is 8.55. The van der Waals surface area contributed by atoms with Crippen molar-refractivity contribution in [3.63, 3.8) is 0 Å². The van der Waals surface area contributed by atoms with Gasteiger partial charge in [0.1, 0.15) is 0 Å². The van der Waals surface area contributed by atoms with Crippen molar-refractivity contribution in [1.82, 2.24) is 0 Å². The fraction of sp³-hybridized carbons (Fsp3) is 1.00. The quantitative estimate of drug-likeness (QED) is 0.589. The third-order valence-electron chi connectivity index (χ3n) is 3.87. The minimum absolute atomic E-state index is 0.00347. The summed E-state index contributed by atoms with van der Waals surface area (Å²) in [7, 11) is 0. The Morgan fingerprint density at radius 1 is 1.08 bits per heavy atom. The number of aliphatic hydroxyl groups is 1. The van der Waals surface area contributed by atoms with Crippen molar-refractivity contribution in [3.8, 4) is 0 Å². The molecule has 0 radical (unpaired) electrons. The van der Waals surface area contributed by atoms with E-state index >= 15 is 0 Å². The number of fused-ring (bicyclic) bond motifs is 2. The zero-order valence-electron chi connectivity index (χ0n) is 8.38. The molecule has 2 aliphatic rings. The van der Waals surface area contributed by atoms with E-state index < -0.39 is 0 Å². The molecular weight excluding hydrogens is 148 g/mol. The predicted octanol–water partition coefficient (Wildman–Crippen LogP) is 2.44. The average molecular weight is 168 g/mol. The molecule has 0 aromatic rings. The summed E-state index contributed by atoms with van der Waals surface area (Å²) in [5.74, 6) is 2.03. The van der Waals surface area contributed by atoms with Gasteiger partial charge >= 0.3 is 0 Å². The Balaban J connectivity index is 2.17. The number of hydrogen-bond acceptors (Lipinski definition) is 1. The normalized spacial score (nSPS) is 47.0. The maximum atomic E-state index is 10.0. The van der Waals surface area contributed by atoms with E-state index in [9.17, 15) is 5.11 Å². The minimum atomic E-state index is 0.00347. The van der Waals surface area contributed by atoms with E-state index in [-0.39, 0.29) is 6.10 Å². The maximum absolute atomic E-state index is 10.0. The molecule has 2 rings (SSSR count). The van der Waals surface area contributed by atoms with E-state index in [1.807, 2.05) is 0 Å². The molecule has 0 aromatic carbocycles. The van der Waals surface area contributed by atoms with Gasteiger partial charge < -0.3 is 5.11 Å². The van der Waals surface area contributed by atoms with E-state index in [4.69, 9.17) is 0 Å². The third kappa shape index (κ3) is 1.10. The maximum Gasteiger partial charge on any atom is 0.0604 e. The van der Waals surface area contributed by atoms with Crippen LogP contribution in [-0.4, -0.2) is 11.2 Å². The topological polar surface area (TPSA) is 20.2 Å². The Labute approximate surface area is 75.2 Å². The average Bonchev–Trinajstić information content (AvgIpc) is 2.42. The summed E-state index contributed by atoms with van der Waals surface area (Å²) >= 11 is 0. The molecule has 1 N–H and O–H groups in total. The van der Waals surface area contributed by atoms with Crippen molar-refractivity contribution in [2.75, 3.05) is 0 Å². The van der Waals surface area contributed by atoms with Gasteiger partial charge in [-0.25, -0.2) is 0 Å². The molecule has 0 saturated heterocycles. The van der Waals surface area contributed by atoms with Crippen LogP contribution in [0.5, 0.6) is 0 Å². The fourth-order valence-corrected chi connectivity index (χ4v) is 3.48. The molecule has 0 aromatic heterocycles. The first-order chi connectivity index (χ1) is 5.50. The second-order valence-corrected chi connectivity index (χ2v) is 5.72. The van der Waals surface area contributed by atoms with Crippen LogP contribution in [0.1, 0.15) is 40.0 Å². The molecular formula is C11H20O. The van der Waals surface area contributed by atoms with Crippen LogP contribution in [-0.2, 0) is 0 Å². The lowest BCUT2D eigenvalue weighted by Gasteiger charge is -2.37. The lowest BCUT2D eigenvalue weighted by atomic mass is 9.70. The van der Waals surface area contributed by atoms with E-state index in [0.717, 1.165) is 5.92 Å². The van der Waals surface area contributed by atoms with Crippen molar-refractivity contribution in [3.05, 3.63) is 0 Å². The highest BCUT2D eigenvalue weighted by atomic mass is 16.3. The van der Waals surface area contributed by atoms with Gasteiger partial charge in [-0.05, 0) is 42.4 Å². The van der Waals surface area contributed by atoms with Gasteiger partial charge in [0.2, 0.25) is 0 Å². The molecule has 4 atom stereocenters. The van der Waals surface area contributed by atoms with Crippen LogP contribution < -0.4 is 0 Å². The van der Waals surface area contributed by atoms with Crippen LogP contribution in [0, 0.1) is 23.2 Å². The van der Waals surface area contributed by atoms with Crippen LogP contribution in [0.2, 0.25) is 0 Å². The Morgan fingerprint density at radius 2 is 1.67 bits per heavy atom. The van der Waals surface area contributed by atoms with Crippen LogP contribution in [0.15, 0.2) is 0 Å². The highest BCUT2D eigenvalue weighted by molar-refractivity contribution is 5.00. The number of aliphatic hydroxyl groups excluding tert-OH is 1. The van der Waals surface area contributed by atoms with Crippen molar-refractivity contribution in [1.29, 1.82) is 0 Å². The van der Waals surface area contributed by atoms with Crippen LogP contribution >= 0.6 is 0 Å².